The van der Waals surface area contributed by atoms with Crippen LogP contribution in [0.2, 0.25) is 0 Å². The summed E-state index contributed by atoms with van der Waals surface area (Å²) < 4.78 is 4.91. The normalized spacial score (nSPS) is 16.1. The van der Waals surface area contributed by atoms with Crippen molar-refractivity contribution in [3.05, 3.63) is 29.8 Å². The van der Waals surface area contributed by atoms with Crippen LogP contribution in [-0.2, 0) is 0 Å². The van der Waals surface area contributed by atoms with Crippen molar-refractivity contribution in [2.75, 3.05) is 6.61 Å². The van der Waals surface area contributed by atoms with Gasteiger partial charge in [-0.05, 0) is 5.57 Å². The second kappa shape index (κ2) is 2.91. The zero-order valence-corrected chi connectivity index (χ0v) is 6.40. The van der Waals surface area contributed by atoms with Crippen LogP contribution in [0.15, 0.2) is 33.6 Å². The summed E-state index contributed by atoms with van der Waals surface area (Å²) in [5.41, 5.74) is 1.73. The van der Waals surface area contributed by atoms with Crippen LogP contribution in [0.5, 0.6) is 0 Å². The summed E-state index contributed by atoms with van der Waals surface area (Å²) >= 11 is 0. The molecular formula is C8H8N2O2. The van der Waals surface area contributed by atoms with Gasteiger partial charge in [0.2, 0.25) is 0 Å². The molecule has 1 aromatic rings. The number of rotatable bonds is 2. The zero-order chi connectivity index (χ0) is 8.39. The minimum Gasteiger partial charge on any atom is -0.392 e. The van der Waals surface area contributed by atoms with Crippen molar-refractivity contribution in [1.82, 2.24) is 5.16 Å². The molecule has 1 aliphatic heterocycles. The highest BCUT2D eigenvalue weighted by Gasteiger charge is 2.13. The van der Waals surface area contributed by atoms with Crippen molar-refractivity contribution in [3.63, 3.8) is 0 Å². The quantitative estimate of drug-likeness (QED) is 0.701. The van der Waals surface area contributed by atoms with Gasteiger partial charge in [-0.2, -0.15) is 0 Å². The molecule has 62 valence electrons. The summed E-state index contributed by atoms with van der Waals surface area (Å²) in [6.07, 6.45) is 3.90. The average molecular weight is 164 g/mol. The van der Waals surface area contributed by atoms with Gasteiger partial charge in [-0.3, -0.25) is 4.99 Å². The Morgan fingerprint density at radius 3 is 3.08 bits per heavy atom. The molecule has 4 nitrogen and oxygen atoms in total. The Bertz CT molecular complexity index is 325. The van der Waals surface area contributed by atoms with Gasteiger partial charge >= 0.3 is 0 Å². The number of hydrogen-bond acceptors (Lipinski definition) is 4. The summed E-state index contributed by atoms with van der Waals surface area (Å²) in [4.78, 5) is 4.09. The topological polar surface area (TPSA) is 58.6 Å². The summed E-state index contributed by atoms with van der Waals surface area (Å²) in [5, 5.41) is 12.4. The van der Waals surface area contributed by atoms with Crippen molar-refractivity contribution in [3.8, 4) is 0 Å². The maximum Gasteiger partial charge on any atom is 0.181 e. The van der Waals surface area contributed by atoms with E-state index >= 15 is 0 Å². The van der Waals surface area contributed by atoms with Crippen LogP contribution < -0.4 is 0 Å². The van der Waals surface area contributed by atoms with Crippen LogP contribution in [-0.4, -0.2) is 22.6 Å². The third-order valence-corrected chi connectivity index (χ3v) is 1.72. The first kappa shape index (κ1) is 7.24. The first-order chi connectivity index (χ1) is 5.90. The monoisotopic (exact) mass is 164 g/mol. The molecule has 0 amide bonds. The van der Waals surface area contributed by atoms with Crippen LogP contribution >= 0.6 is 0 Å². The lowest BCUT2D eigenvalue weighted by atomic mass is 10.1. The van der Waals surface area contributed by atoms with Gasteiger partial charge in [0.1, 0.15) is 0 Å². The number of aromatic nitrogens is 1. The molecule has 12 heavy (non-hydrogen) atoms. The number of aliphatic hydroxyl groups excluding tert-OH is 1. The standard InChI is InChI=1S/C8H8N2O2/c11-5-6-3-7(9-4-6)8-1-2-10-12-8/h1-2,4,11H,3,5H2. The van der Waals surface area contributed by atoms with Gasteiger partial charge in [0, 0.05) is 18.7 Å². The van der Waals surface area contributed by atoms with Gasteiger partial charge in [0.05, 0.1) is 18.5 Å². The maximum absolute atomic E-state index is 8.79. The smallest absolute Gasteiger partial charge is 0.181 e. The van der Waals surface area contributed by atoms with E-state index < -0.39 is 0 Å². The Morgan fingerprint density at radius 2 is 2.50 bits per heavy atom. The molecule has 0 saturated carbocycles. The summed E-state index contributed by atoms with van der Waals surface area (Å²) in [7, 11) is 0. The van der Waals surface area contributed by atoms with Gasteiger partial charge in [-0.15, -0.1) is 0 Å². The molecule has 4 heteroatoms. The summed E-state index contributed by atoms with van der Waals surface area (Å²) in [6, 6.07) is 1.76. The van der Waals surface area contributed by atoms with E-state index in [0.29, 0.717) is 12.2 Å². The Hall–Kier alpha value is -1.42. The highest BCUT2D eigenvalue weighted by molar-refractivity contribution is 6.01. The number of hydrogen-bond donors (Lipinski definition) is 1. The van der Waals surface area contributed by atoms with Crippen LogP contribution in [0.25, 0.3) is 0 Å². The van der Waals surface area contributed by atoms with Crippen molar-refractivity contribution in [1.29, 1.82) is 0 Å². The Kier molecular flexibility index (Phi) is 1.75. The lowest BCUT2D eigenvalue weighted by molar-refractivity contribution is 0.330. The second-order valence-electron chi connectivity index (χ2n) is 2.57. The third-order valence-electron chi connectivity index (χ3n) is 1.72. The van der Waals surface area contributed by atoms with Gasteiger partial charge in [0.25, 0.3) is 0 Å². The van der Waals surface area contributed by atoms with Crippen molar-refractivity contribution < 1.29 is 9.63 Å². The van der Waals surface area contributed by atoms with Gasteiger partial charge in [0.15, 0.2) is 5.76 Å². The van der Waals surface area contributed by atoms with Crippen LogP contribution in [0.3, 0.4) is 0 Å². The molecular weight excluding hydrogens is 156 g/mol. The minimum absolute atomic E-state index is 0.0567. The molecule has 0 radical (unpaired) electrons. The van der Waals surface area contributed by atoms with Crippen LogP contribution in [0.1, 0.15) is 12.2 Å². The maximum atomic E-state index is 8.79. The van der Waals surface area contributed by atoms with E-state index in [0.717, 1.165) is 11.3 Å². The predicted molar refractivity (Wildman–Crippen MR) is 42.8 cm³/mol. The molecule has 0 bridgehead atoms. The molecule has 0 unspecified atom stereocenters. The number of aliphatic imine (C=N–C) groups is 1. The van der Waals surface area contributed by atoms with E-state index in [2.05, 4.69) is 10.1 Å². The summed E-state index contributed by atoms with van der Waals surface area (Å²) in [5.74, 6) is 0.676. The molecule has 0 aromatic carbocycles. The first-order valence-electron chi connectivity index (χ1n) is 3.66. The molecule has 0 saturated heterocycles. The minimum atomic E-state index is 0.0567. The summed E-state index contributed by atoms with van der Waals surface area (Å²) in [6.45, 7) is 0.0567. The van der Waals surface area contributed by atoms with Gasteiger partial charge in [-0.1, -0.05) is 5.16 Å². The van der Waals surface area contributed by atoms with Gasteiger partial charge in [-0.25, -0.2) is 0 Å². The molecule has 1 N–H and O–H groups in total. The van der Waals surface area contributed by atoms with Crippen molar-refractivity contribution >= 4 is 5.71 Å². The van der Waals surface area contributed by atoms with Gasteiger partial charge < -0.3 is 9.63 Å². The van der Waals surface area contributed by atoms with E-state index in [9.17, 15) is 0 Å². The number of aliphatic hydroxyl groups is 1. The van der Waals surface area contributed by atoms with E-state index in [1.165, 1.54) is 0 Å². The number of nitrogens with zero attached hydrogens (tertiary/aromatic N) is 2. The van der Waals surface area contributed by atoms with E-state index in [-0.39, 0.29) is 6.61 Å². The third kappa shape index (κ3) is 1.16. The lowest BCUT2D eigenvalue weighted by Crippen LogP contribution is -1.97. The average Bonchev–Trinajstić information content (AvgIpc) is 2.75. The lowest BCUT2D eigenvalue weighted by Gasteiger charge is -1.94. The molecule has 0 fully saturated rings. The SMILES string of the molecule is OCC1=CN=C(c2ccno2)C1. The molecule has 1 aromatic heterocycles. The molecule has 0 spiro atoms. The highest BCUT2D eigenvalue weighted by atomic mass is 16.5. The fourth-order valence-electron chi connectivity index (χ4n) is 1.09. The first-order valence-corrected chi connectivity index (χ1v) is 3.66. The predicted octanol–water partition coefficient (Wildman–Crippen LogP) is 0.744. The van der Waals surface area contributed by atoms with Crippen LogP contribution in [0, 0.1) is 0 Å². The van der Waals surface area contributed by atoms with E-state index in [1.54, 1.807) is 18.5 Å². The Morgan fingerprint density at radius 1 is 1.58 bits per heavy atom. The largest absolute Gasteiger partial charge is 0.392 e. The fraction of sp³-hybridized carbons (Fsp3) is 0.250. The molecule has 0 aliphatic carbocycles. The fourth-order valence-corrected chi connectivity index (χ4v) is 1.09. The Labute approximate surface area is 69.2 Å². The molecule has 2 rings (SSSR count). The van der Waals surface area contributed by atoms with E-state index in [1.807, 2.05) is 0 Å². The van der Waals surface area contributed by atoms with Crippen molar-refractivity contribution in [2.45, 2.75) is 6.42 Å². The molecule has 0 atom stereocenters. The Balaban J connectivity index is 2.13. The van der Waals surface area contributed by atoms with Crippen LogP contribution in [0.4, 0.5) is 0 Å². The second-order valence-corrected chi connectivity index (χ2v) is 2.57. The van der Waals surface area contributed by atoms with Crippen molar-refractivity contribution in [2.24, 2.45) is 4.99 Å². The molecule has 2 heterocycles. The van der Waals surface area contributed by atoms with E-state index in [4.69, 9.17) is 9.63 Å². The zero-order valence-electron chi connectivity index (χ0n) is 6.40. The molecule has 1 aliphatic rings. The highest BCUT2D eigenvalue weighted by Crippen LogP contribution is 2.15.